The van der Waals surface area contributed by atoms with E-state index < -0.39 is 0 Å². The molecule has 2 fully saturated rings. The van der Waals surface area contributed by atoms with Gasteiger partial charge in [0.15, 0.2) is 0 Å². The number of ether oxygens (including phenoxy) is 1. The molecule has 2 heterocycles. The Morgan fingerprint density at radius 2 is 2.56 bits per heavy atom. The third kappa shape index (κ3) is 0.764. The number of fused-ring (bicyclic) bond motifs is 1. The summed E-state index contributed by atoms with van der Waals surface area (Å²) in [4.78, 5) is 2.22. The van der Waals surface area contributed by atoms with Crippen LogP contribution in [0.2, 0.25) is 0 Å². The Morgan fingerprint density at radius 3 is 3.11 bits per heavy atom. The van der Waals surface area contributed by atoms with Crippen LogP contribution in [0.15, 0.2) is 0 Å². The zero-order chi connectivity index (χ0) is 6.27. The molecule has 52 valence electrons. The SMILES string of the molecule is CN1CC2NCCOC21. The van der Waals surface area contributed by atoms with Gasteiger partial charge in [-0.3, -0.25) is 4.90 Å². The standard InChI is InChI=1S/C6H12N2O/c1-8-4-5-6(8)9-3-2-7-5/h5-7H,2-4H2,1H3. The molecule has 3 heteroatoms. The number of rotatable bonds is 0. The molecular formula is C6H12N2O. The molecule has 0 aliphatic carbocycles. The average Bonchev–Trinajstić information content (AvgIpc) is 1.86. The van der Waals surface area contributed by atoms with Crippen molar-refractivity contribution in [1.82, 2.24) is 10.2 Å². The second-order valence-electron chi connectivity index (χ2n) is 2.76. The number of nitrogens with one attached hydrogen (secondary N) is 1. The van der Waals surface area contributed by atoms with Crippen LogP contribution in [-0.4, -0.2) is 43.9 Å². The molecule has 0 bridgehead atoms. The minimum Gasteiger partial charge on any atom is -0.360 e. The fourth-order valence-corrected chi connectivity index (χ4v) is 1.51. The fraction of sp³-hybridized carbons (Fsp3) is 1.00. The molecule has 9 heavy (non-hydrogen) atoms. The number of hydrogen-bond donors (Lipinski definition) is 1. The van der Waals surface area contributed by atoms with Gasteiger partial charge < -0.3 is 10.1 Å². The molecule has 0 aromatic heterocycles. The van der Waals surface area contributed by atoms with Crippen LogP contribution in [0.25, 0.3) is 0 Å². The quantitative estimate of drug-likeness (QED) is 0.464. The Balaban J connectivity index is 1.94. The Kier molecular flexibility index (Phi) is 1.22. The first-order valence-electron chi connectivity index (χ1n) is 3.43. The zero-order valence-corrected chi connectivity index (χ0v) is 5.63. The van der Waals surface area contributed by atoms with Gasteiger partial charge in [0.1, 0.15) is 6.23 Å². The van der Waals surface area contributed by atoms with Gasteiger partial charge in [0.2, 0.25) is 0 Å². The molecule has 0 radical (unpaired) electrons. The van der Waals surface area contributed by atoms with Gasteiger partial charge in [-0.05, 0) is 7.05 Å². The second kappa shape index (κ2) is 1.94. The smallest absolute Gasteiger partial charge is 0.127 e. The Labute approximate surface area is 55.0 Å². The van der Waals surface area contributed by atoms with E-state index in [2.05, 4.69) is 17.3 Å². The summed E-state index contributed by atoms with van der Waals surface area (Å²) in [5.41, 5.74) is 0. The molecule has 2 aliphatic rings. The van der Waals surface area contributed by atoms with Crippen LogP contribution in [0.5, 0.6) is 0 Å². The molecule has 0 spiro atoms. The molecular weight excluding hydrogens is 116 g/mol. The highest BCUT2D eigenvalue weighted by molar-refractivity contribution is 4.91. The van der Waals surface area contributed by atoms with E-state index in [-0.39, 0.29) is 0 Å². The lowest BCUT2D eigenvalue weighted by Crippen LogP contribution is -2.68. The Bertz CT molecular complexity index is 116. The van der Waals surface area contributed by atoms with Gasteiger partial charge in [-0.15, -0.1) is 0 Å². The summed E-state index contributed by atoms with van der Waals surface area (Å²) in [5.74, 6) is 0. The lowest BCUT2D eigenvalue weighted by molar-refractivity contribution is -0.155. The second-order valence-corrected chi connectivity index (χ2v) is 2.76. The van der Waals surface area contributed by atoms with Crippen LogP contribution >= 0.6 is 0 Å². The van der Waals surface area contributed by atoms with Crippen LogP contribution < -0.4 is 5.32 Å². The molecule has 2 rings (SSSR count). The van der Waals surface area contributed by atoms with Crippen molar-refractivity contribution in [1.29, 1.82) is 0 Å². The minimum atomic E-state index is 0.374. The van der Waals surface area contributed by atoms with Gasteiger partial charge in [0.05, 0.1) is 12.6 Å². The summed E-state index contributed by atoms with van der Waals surface area (Å²) in [7, 11) is 2.09. The van der Waals surface area contributed by atoms with E-state index in [0.717, 1.165) is 19.7 Å². The molecule has 1 N–H and O–H groups in total. The topological polar surface area (TPSA) is 24.5 Å². The molecule has 0 amide bonds. The molecule has 2 aliphatic heterocycles. The number of hydrogen-bond acceptors (Lipinski definition) is 3. The normalized spacial score (nSPS) is 43.7. The van der Waals surface area contributed by atoms with Crippen molar-refractivity contribution in [2.75, 3.05) is 26.7 Å². The predicted octanol–water partition coefficient (Wildman–Crippen LogP) is -0.754. The van der Waals surface area contributed by atoms with Crippen LogP contribution in [0, 0.1) is 0 Å². The molecule has 2 unspecified atom stereocenters. The molecule has 2 atom stereocenters. The zero-order valence-electron chi connectivity index (χ0n) is 5.63. The first-order valence-corrected chi connectivity index (χ1v) is 3.43. The largest absolute Gasteiger partial charge is 0.360 e. The van der Waals surface area contributed by atoms with E-state index in [4.69, 9.17) is 4.74 Å². The monoisotopic (exact) mass is 128 g/mol. The third-order valence-electron chi connectivity index (χ3n) is 2.06. The van der Waals surface area contributed by atoms with Crippen molar-refractivity contribution in [3.63, 3.8) is 0 Å². The van der Waals surface area contributed by atoms with E-state index >= 15 is 0 Å². The van der Waals surface area contributed by atoms with Crippen molar-refractivity contribution >= 4 is 0 Å². The van der Waals surface area contributed by atoms with E-state index in [1.54, 1.807) is 0 Å². The number of morpholine rings is 1. The van der Waals surface area contributed by atoms with Gasteiger partial charge in [-0.25, -0.2) is 0 Å². The molecule has 0 saturated carbocycles. The van der Waals surface area contributed by atoms with Crippen LogP contribution in [-0.2, 0) is 4.74 Å². The van der Waals surface area contributed by atoms with Crippen LogP contribution in [0.3, 0.4) is 0 Å². The van der Waals surface area contributed by atoms with Gasteiger partial charge in [-0.1, -0.05) is 0 Å². The molecule has 0 aromatic carbocycles. The summed E-state index contributed by atoms with van der Waals surface area (Å²) in [6.07, 6.45) is 0.374. The van der Waals surface area contributed by atoms with Crippen molar-refractivity contribution in [3.05, 3.63) is 0 Å². The molecule has 0 aromatic rings. The Morgan fingerprint density at radius 1 is 1.67 bits per heavy atom. The highest BCUT2D eigenvalue weighted by atomic mass is 16.5. The van der Waals surface area contributed by atoms with Gasteiger partial charge in [0.25, 0.3) is 0 Å². The van der Waals surface area contributed by atoms with E-state index in [0.29, 0.717) is 12.3 Å². The van der Waals surface area contributed by atoms with Crippen molar-refractivity contribution in [2.45, 2.75) is 12.3 Å². The summed E-state index contributed by atoms with van der Waals surface area (Å²) in [6, 6.07) is 0.615. The van der Waals surface area contributed by atoms with Gasteiger partial charge in [0, 0.05) is 13.1 Å². The maximum atomic E-state index is 5.45. The first kappa shape index (κ1) is 5.65. The molecule has 3 nitrogen and oxygen atoms in total. The highest BCUT2D eigenvalue weighted by Gasteiger charge is 2.38. The van der Waals surface area contributed by atoms with Crippen molar-refractivity contribution < 1.29 is 4.74 Å². The number of likely N-dealkylation sites (tertiary alicyclic amines) is 1. The number of likely N-dealkylation sites (N-methyl/N-ethyl adjacent to an activating group) is 1. The van der Waals surface area contributed by atoms with Gasteiger partial charge >= 0.3 is 0 Å². The summed E-state index contributed by atoms with van der Waals surface area (Å²) in [5, 5.41) is 3.38. The first-order chi connectivity index (χ1) is 4.38. The highest BCUT2D eigenvalue weighted by Crippen LogP contribution is 2.18. The fourth-order valence-electron chi connectivity index (χ4n) is 1.51. The summed E-state index contributed by atoms with van der Waals surface area (Å²) in [6.45, 7) is 3.03. The lowest BCUT2D eigenvalue weighted by atomic mass is 10.1. The maximum Gasteiger partial charge on any atom is 0.127 e. The maximum absolute atomic E-state index is 5.45. The third-order valence-corrected chi connectivity index (χ3v) is 2.06. The average molecular weight is 128 g/mol. The van der Waals surface area contributed by atoms with Crippen molar-refractivity contribution in [3.8, 4) is 0 Å². The summed E-state index contributed by atoms with van der Waals surface area (Å²) >= 11 is 0. The van der Waals surface area contributed by atoms with E-state index in [9.17, 15) is 0 Å². The van der Waals surface area contributed by atoms with Crippen LogP contribution in [0.4, 0.5) is 0 Å². The van der Waals surface area contributed by atoms with Gasteiger partial charge in [-0.2, -0.15) is 0 Å². The Hall–Kier alpha value is -0.120. The van der Waals surface area contributed by atoms with Crippen molar-refractivity contribution in [2.24, 2.45) is 0 Å². The van der Waals surface area contributed by atoms with E-state index in [1.807, 2.05) is 0 Å². The number of nitrogens with zero attached hydrogens (tertiary/aromatic N) is 1. The van der Waals surface area contributed by atoms with Crippen LogP contribution in [0.1, 0.15) is 0 Å². The lowest BCUT2D eigenvalue weighted by Gasteiger charge is -2.48. The minimum absolute atomic E-state index is 0.374. The molecule has 2 saturated heterocycles. The predicted molar refractivity (Wildman–Crippen MR) is 34.2 cm³/mol. The van der Waals surface area contributed by atoms with E-state index in [1.165, 1.54) is 0 Å². The summed E-state index contributed by atoms with van der Waals surface area (Å²) < 4.78 is 5.45.